The van der Waals surface area contributed by atoms with Crippen LogP contribution >= 0.6 is 0 Å². The largest absolute Gasteiger partial charge is 0.401 e. The van der Waals surface area contributed by atoms with Crippen LogP contribution in [0.3, 0.4) is 0 Å². The van der Waals surface area contributed by atoms with E-state index in [1.807, 2.05) is 66.7 Å². The van der Waals surface area contributed by atoms with E-state index in [0.717, 1.165) is 15.9 Å². The smallest absolute Gasteiger partial charge is 0.261 e. The molecule has 2 atom stereocenters. The summed E-state index contributed by atoms with van der Waals surface area (Å²) in [6, 6.07) is 30.3. The topological polar surface area (TPSA) is 49.7 Å². The minimum absolute atomic E-state index is 0.0488. The van der Waals surface area contributed by atoms with Gasteiger partial charge in [-0.05, 0) is 27.4 Å². The summed E-state index contributed by atoms with van der Waals surface area (Å²) in [5.74, 6) is 0. The fourth-order valence-corrected chi connectivity index (χ4v) is 8.91. The van der Waals surface area contributed by atoms with Crippen molar-refractivity contribution in [3.63, 3.8) is 0 Å². The number of aliphatic hydroxyl groups is 2. The van der Waals surface area contributed by atoms with E-state index in [1.54, 1.807) is 0 Å². The number of aliphatic hydroxyl groups excluding tert-OH is 2. The third-order valence-electron chi connectivity index (χ3n) is 5.65. The quantitative estimate of drug-likeness (QED) is 0.541. The van der Waals surface area contributed by atoms with Gasteiger partial charge in [0, 0.05) is 6.61 Å². The molecule has 30 heavy (non-hydrogen) atoms. The van der Waals surface area contributed by atoms with Gasteiger partial charge >= 0.3 is 0 Å². The molecule has 0 unspecified atom stereocenters. The van der Waals surface area contributed by atoms with Gasteiger partial charge in [0.05, 0.1) is 6.10 Å². The van der Waals surface area contributed by atoms with Crippen LogP contribution < -0.4 is 10.4 Å². The molecule has 0 aliphatic rings. The van der Waals surface area contributed by atoms with Gasteiger partial charge in [0.2, 0.25) is 0 Å². The summed E-state index contributed by atoms with van der Waals surface area (Å²) in [5, 5.41) is 23.1. The molecular weight excluding hydrogens is 388 g/mol. The maximum Gasteiger partial charge on any atom is 0.261 e. The van der Waals surface area contributed by atoms with Crippen LogP contribution in [0, 0.1) is 0 Å². The average molecular weight is 421 g/mol. The highest BCUT2D eigenvalue weighted by Crippen LogP contribution is 2.39. The molecule has 3 aromatic rings. The van der Waals surface area contributed by atoms with Crippen molar-refractivity contribution in [3.05, 3.63) is 96.6 Å². The first-order valence-electron chi connectivity index (χ1n) is 10.5. The second kappa shape index (κ2) is 9.71. The Morgan fingerprint density at radius 2 is 1.20 bits per heavy atom. The fourth-order valence-electron chi connectivity index (χ4n) is 4.19. The zero-order valence-corrected chi connectivity index (χ0v) is 19.0. The van der Waals surface area contributed by atoms with Gasteiger partial charge in [0.25, 0.3) is 8.32 Å². The summed E-state index contributed by atoms with van der Waals surface area (Å²) in [5.41, 5.74) is 0.800. The van der Waals surface area contributed by atoms with E-state index >= 15 is 0 Å². The number of hydrogen-bond acceptors (Lipinski definition) is 3. The summed E-state index contributed by atoms with van der Waals surface area (Å²) in [6.07, 6.45) is -0.982. The Bertz CT molecular complexity index is 852. The van der Waals surface area contributed by atoms with Gasteiger partial charge in [0.15, 0.2) is 0 Å². The highest BCUT2D eigenvalue weighted by atomic mass is 28.4. The number of hydrogen-bond donors (Lipinski definition) is 2. The normalized spacial score (nSPS) is 14.3. The summed E-state index contributed by atoms with van der Waals surface area (Å²) in [4.78, 5) is 0. The van der Waals surface area contributed by atoms with Gasteiger partial charge in [0.1, 0.15) is 6.10 Å². The molecule has 3 aromatic carbocycles. The molecule has 3 rings (SSSR count). The van der Waals surface area contributed by atoms with Crippen LogP contribution in [-0.2, 0) is 4.43 Å². The van der Waals surface area contributed by atoms with Crippen LogP contribution in [0.15, 0.2) is 91.0 Å². The first kappa shape index (κ1) is 22.4. The van der Waals surface area contributed by atoms with Crippen molar-refractivity contribution in [1.29, 1.82) is 0 Å². The average Bonchev–Trinajstić information content (AvgIpc) is 2.77. The predicted molar refractivity (Wildman–Crippen MR) is 126 cm³/mol. The molecule has 0 amide bonds. The zero-order chi connectivity index (χ0) is 21.6. The van der Waals surface area contributed by atoms with Gasteiger partial charge < -0.3 is 14.6 Å². The van der Waals surface area contributed by atoms with Crippen LogP contribution in [-0.4, -0.2) is 31.2 Å². The van der Waals surface area contributed by atoms with Crippen LogP contribution in [0.1, 0.15) is 38.9 Å². The maximum atomic E-state index is 11.2. The number of rotatable bonds is 8. The molecule has 0 fully saturated rings. The van der Waals surface area contributed by atoms with E-state index in [4.69, 9.17) is 4.43 Å². The van der Waals surface area contributed by atoms with Crippen molar-refractivity contribution >= 4 is 18.7 Å². The van der Waals surface area contributed by atoms with Crippen molar-refractivity contribution in [2.45, 2.75) is 44.4 Å². The van der Waals surface area contributed by atoms with Crippen molar-refractivity contribution in [3.8, 4) is 0 Å². The molecule has 0 heterocycles. The lowest BCUT2D eigenvalue weighted by atomic mass is 10.0. The van der Waals surface area contributed by atoms with E-state index in [0.29, 0.717) is 6.42 Å². The minimum atomic E-state index is -2.82. The van der Waals surface area contributed by atoms with Crippen molar-refractivity contribution in [2.75, 3.05) is 6.61 Å². The Kier molecular flexibility index (Phi) is 7.26. The summed E-state index contributed by atoms with van der Waals surface area (Å²) < 4.78 is 7.06. The van der Waals surface area contributed by atoms with Crippen molar-refractivity contribution in [2.24, 2.45) is 0 Å². The van der Waals surface area contributed by atoms with Gasteiger partial charge in [-0.3, -0.25) is 0 Å². The molecule has 0 saturated heterocycles. The monoisotopic (exact) mass is 420 g/mol. The third kappa shape index (κ3) is 4.57. The molecular formula is C26H32O3Si. The molecule has 0 aliphatic carbocycles. The molecule has 158 valence electrons. The van der Waals surface area contributed by atoms with Gasteiger partial charge in [-0.25, -0.2) is 0 Å². The predicted octanol–water partition coefficient (Wildman–Crippen LogP) is 4.05. The first-order chi connectivity index (χ1) is 14.4. The lowest BCUT2D eigenvalue weighted by molar-refractivity contribution is 0.0144. The fraction of sp³-hybridized carbons (Fsp3) is 0.308. The molecule has 0 saturated carbocycles. The van der Waals surface area contributed by atoms with Gasteiger partial charge in [-0.15, -0.1) is 0 Å². The molecule has 0 aliphatic heterocycles. The van der Waals surface area contributed by atoms with Gasteiger partial charge in [-0.1, -0.05) is 112 Å². The number of benzene rings is 3. The Hall–Kier alpha value is -2.24. The van der Waals surface area contributed by atoms with Crippen LogP contribution in [0.5, 0.6) is 0 Å². The lowest BCUT2D eigenvalue weighted by Crippen LogP contribution is -2.68. The standard InChI is InChI=1S/C26H32O3Si/c1-26(2,3)30(22-15-9-5-10-16-22,23-17-11-6-12-18-23)29-24(19-20-27)25(28)21-13-7-4-8-14-21/h4-18,24-25,27-28H,19-20H2,1-3H3/t24-,25-/m1/s1. The Labute approximate surface area is 181 Å². The molecule has 0 spiro atoms. The maximum absolute atomic E-state index is 11.2. The highest BCUT2D eigenvalue weighted by Gasteiger charge is 2.52. The van der Waals surface area contributed by atoms with Crippen LogP contribution in [0.25, 0.3) is 0 Å². The molecule has 3 nitrogen and oxygen atoms in total. The van der Waals surface area contributed by atoms with E-state index in [-0.39, 0.29) is 11.6 Å². The summed E-state index contributed by atoms with van der Waals surface area (Å²) in [6.45, 7) is 6.59. The Balaban J connectivity index is 2.16. The highest BCUT2D eigenvalue weighted by molar-refractivity contribution is 6.99. The van der Waals surface area contributed by atoms with E-state index in [9.17, 15) is 10.2 Å². The van der Waals surface area contributed by atoms with Crippen LogP contribution in [0.2, 0.25) is 5.04 Å². The van der Waals surface area contributed by atoms with Crippen LogP contribution in [0.4, 0.5) is 0 Å². The Morgan fingerprint density at radius 3 is 1.60 bits per heavy atom. The van der Waals surface area contributed by atoms with E-state index < -0.39 is 20.5 Å². The van der Waals surface area contributed by atoms with E-state index in [1.165, 1.54) is 0 Å². The zero-order valence-electron chi connectivity index (χ0n) is 18.0. The molecule has 0 aromatic heterocycles. The summed E-state index contributed by atoms with van der Waals surface area (Å²) >= 11 is 0. The third-order valence-corrected chi connectivity index (χ3v) is 10.7. The Morgan fingerprint density at radius 1 is 0.767 bits per heavy atom. The minimum Gasteiger partial charge on any atom is -0.401 e. The second-order valence-electron chi connectivity index (χ2n) is 8.69. The van der Waals surface area contributed by atoms with E-state index in [2.05, 4.69) is 45.0 Å². The summed E-state index contributed by atoms with van der Waals surface area (Å²) in [7, 11) is -2.82. The molecule has 0 radical (unpaired) electrons. The van der Waals surface area contributed by atoms with Crippen molar-refractivity contribution in [1.82, 2.24) is 0 Å². The molecule has 2 N–H and O–H groups in total. The molecule has 4 heteroatoms. The SMILES string of the molecule is CC(C)(C)[Si](O[C@H](CCO)[C@H](O)c1ccccc1)(c1ccccc1)c1ccccc1. The van der Waals surface area contributed by atoms with Gasteiger partial charge in [-0.2, -0.15) is 0 Å². The van der Waals surface area contributed by atoms with Crippen molar-refractivity contribution < 1.29 is 14.6 Å². The lowest BCUT2D eigenvalue weighted by Gasteiger charge is -2.46. The molecule has 0 bridgehead atoms. The first-order valence-corrected chi connectivity index (χ1v) is 12.4. The second-order valence-corrected chi connectivity index (χ2v) is 12.9.